The van der Waals surface area contributed by atoms with Crippen molar-refractivity contribution in [2.75, 3.05) is 0 Å². The molecule has 25 heavy (non-hydrogen) atoms. The fraction of sp³-hybridized carbons (Fsp3) is 0.222. The molecule has 0 radical (unpaired) electrons. The van der Waals surface area contributed by atoms with E-state index in [9.17, 15) is 4.79 Å². The fourth-order valence-corrected chi connectivity index (χ4v) is 3.57. The van der Waals surface area contributed by atoms with E-state index >= 15 is 0 Å². The Morgan fingerprint density at radius 2 is 1.92 bits per heavy atom. The van der Waals surface area contributed by atoms with Crippen LogP contribution in [0.3, 0.4) is 0 Å². The maximum Gasteiger partial charge on any atom is 0.263 e. The smallest absolute Gasteiger partial charge is 0.263 e. The van der Waals surface area contributed by atoms with Crippen molar-refractivity contribution in [1.82, 2.24) is 19.7 Å². The summed E-state index contributed by atoms with van der Waals surface area (Å²) in [7, 11) is 0. The highest BCUT2D eigenvalue weighted by atomic mass is 32.1. The number of fused-ring (bicyclic) bond motifs is 1. The lowest BCUT2D eigenvalue weighted by molar-refractivity contribution is 0.439. The number of hydrogen-bond acceptors (Lipinski definition) is 6. The molecule has 0 atom stereocenters. The van der Waals surface area contributed by atoms with Crippen LogP contribution in [-0.2, 0) is 13.0 Å². The zero-order chi connectivity index (χ0) is 17.4. The zero-order valence-electron chi connectivity index (χ0n) is 13.9. The molecule has 0 saturated carbocycles. The summed E-state index contributed by atoms with van der Waals surface area (Å²) in [5.74, 6) is 0.972. The summed E-state index contributed by atoms with van der Waals surface area (Å²) in [6.07, 6.45) is 2.21. The minimum atomic E-state index is -0.0990. The molecular formula is C18H16N4O2S. The van der Waals surface area contributed by atoms with Crippen LogP contribution >= 0.6 is 11.3 Å². The molecule has 126 valence electrons. The summed E-state index contributed by atoms with van der Waals surface area (Å²) in [5.41, 5.74) is 3.01. The number of benzene rings is 1. The summed E-state index contributed by atoms with van der Waals surface area (Å²) in [5, 5.41) is 10.5. The molecule has 0 N–H and O–H groups in total. The van der Waals surface area contributed by atoms with Crippen LogP contribution in [-0.4, -0.2) is 19.7 Å². The molecule has 0 fully saturated rings. The van der Waals surface area contributed by atoms with Crippen LogP contribution < -0.4 is 5.56 Å². The third kappa shape index (κ3) is 2.87. The molecule has 0 amide bonds. The van der Waals surface area contributed by atoms with Gasteiger partial charge in [0.25, 0.3) is 5.56 Å². The predicted octanol–water partition coefficient (Wildman–Crippen LogP) is 3.43. The molecule has 4 rings (SSSR count). The molecule has 1 aromatic carbocycles. The quantitative estimate of drug-likeness (QED) is 0.562. The van der Waals surface area contributed by atoms with E-state index in [1.165, 1.54) is 27.8 Å². The van der Waals surface area contributed by atoms with Crippen molar-refractivity contribution in [2.45, 2.75) is 26.8 Å². The van der Waals surface area contributed by atoms with Gasteiger partial charge in [0.2, 0.25) is 11.8 Å². The molecule has 6 nitrogen and oxygen atoms in total. The van der Waals surface area contributed by atoms with Crippen LogP contribution in [0, 0.1) is 6.92 Å². The normalized spacial score (nSPS) is 11.3. The number of aryl methyl sites for hydroxylation is 2. The first-order valence-corrected chi connectivity index (χ1v) is 8.88. The Bertz CT molecular complexity index is 1090. The molecule has 7 heteroatoms. The number of nitrogens with zero attached hydrogens (tertiary/aromatic N) is 4. The van der Waals surface area contributed by atoms with Crippen molar-refractivity contribution in [1.29, 1.82) is 0 Å². The molecule has 3 aromatic heterocycles. The molecule has 0 aliphatic heterocycles. The Morgan fingerprint density at radius 1 is 1.16 bits per heavy atom. The van der Waals surface area contributed by atoms with E-state index in [0.717, 1.165) is 16.0 Å². The van der Waals surface area contributed by atoms with Crippen molar-refractivity contribution >= 4 is 21.6 Å². The number of hydrogen-bond donors (Lipinski definition) is 0. The van der Waals surface area contributed by atoms with Gasteiger partial charge in [0.05, 0.1) is 11.7 Å². The van der Waals surface area contributed by atoms with E-state index in [4.69, 9.17) is 4.42 Å². The van der Waals surface area contributed by atoms with E-state index < -0.39 is 0 Å². The van der Waals surface area contributed by atoms with Gasteiger partial charge < -0.3 is 4.42 Å². The molecule has 0 aliphatic carbocycles. The molecule has 0 saturated heterocycles. The van der Waals surface area contributed by atoms with Crippen LogP contribution in [0.5, 0.6) is 0 Å². The topological polar surface area (TPSA) is 73.8 Å². The second-order valence-electron chi connectivity index (χ2n) is 5.82. The van der Waals surface area contributed by atoms with Gasteiger partial charge in [-0.05, 0) is 12.5 Å². The van der Waals surface area contributed by atoms with Gasteiger partial charge in [-0.15, -0.1) is 21.5 Å². The highest BCUT2D eigenvalue weighted by molar-refractivity contribution is 7.17. The predicted molar refractivity (Wildman–Crippen MR) is 96.8 cm³/mol. The molecular weight excluding hydrogens is 336 g/mol. The van der Waals surface area contributed by atoms with Gasteiger partial charge in [-0.1, -0.05) is 36.8 Å². The summed E-state index contributed by atoms with van der Waals surface area (Å²) in [4.78, 5) is 18.1. The largest absolute Gasteiger partial charge is 0.423 e. The van der Waals surface area contributed by atoms with E-state index in [-0.39, 0.29) is 12.1 Å². The monoisotopic (exact) mass is 352 g/mol. The zero-order valence-corrected chi connectivity index (χ0v) is 14.7. The maximum absolute atomic E-state index is 13.0. The summed E-state index contributed by atoms with van der Waals surface area (Å²) >= 11 is 1.47. The van der Waals surface area contributed by atoms with E-state index in [1.807, 2.05) is 43.5 Å². The van der Waals surface area contributed by atoms with Crippen molar-refractivity contribution in [3.05, 3.63) is 63.7 Å². The lowest BCUT2D eigenvalue weighted by Gasteiger charge is -2.04. The van der Waals surface area contributed by atoms with E-state index in [0.29, 0.717) is 23.6 Å². The molecule has 0 unspecified atom stereocenters. The van der Waals surface area contributed by atoms with Crippen molar-refractivity contribution in [3.8, 4) is 11.1 Å². The minimum absolute atomic E-state index is 0.0990. The first-order chi connectivity index (χ1) is 12.2. The second-order valence-corrected chi connectivity index (χ2v) is 6.67. The van der Waals surface area contributed by atoms with Gasteiger partial charge in [0, 0.05) is 17.4 Å². The van der Waals surface area contributed by atoms with Gasteiger partial charge in [0.1, 0.15) is 11.4 Å². The molecule has 0 aliphatic rings. The summed E-state index contributed by atoms with van der Waals surface area (Å²) in [6.45, 7) is 4.20. The average Bonchev–Trinajstić information content (AvgIpc) is 3.25. The highest BCUT2D eigenvalue weighted by Crippen LogP contribution is 2.30. The Kier molecular flexibility index (Phi) is 3.93. The van der Waals surface area contributed by atoms with Gasteiger partial charge >= 0.3 is 0 Å². The number of aromatic nitrogens is 4. The van der Waals surface area contributed by atoms with Crippen LogP contribution in [0.1, 0.15) is 24.3 Å². The van der Waals surface area contributed by atoms with Crippen molar-refractivity contribution in [3.63, 3.8) is 0 Å². The number of thiophene rings is 1. The van der Waals surface area contributed by atoms with E-state index in [2.05, 4.69) is 15.2 Å². The average molecular weight is 352 g/mol. The lowest BCUT2D eigenvalue weighted by atomic mass is 10.1. The third-order valence-corrected chi connectivity index (χ3v) is 4.93. The van der Waals surface area contributed by atoms with Crippen LogP contribution in [0.4, 0.5) is 0 Å². The van der Waals surface area contributed by atoms with Crippen LogP contribution in [0.2, 0.25) is 0 Å². The first kappa shape index (κ1) is 15.7. The lowest BCUT2D eigenvalue weighted by Crippen LogP contribution is -2.21. The third-order valence-electron chi connectivity index (χ3n) is 4.04. The van der Waals surface area contributed by atoms with Crippen LogP contribution in [0.15, 0.2) is 45.2 Å². The highest BCUT2D eigenvalue weighted by Gasteiger charge is 2.14. The van der Waals surface area contributed by atoms with Gasteiger partial charge in [0.15, 0.2) is 0 Å². The Hall–Kier alpha value is -2.80. The Morgan fingerprint density at radius 3 is 2.64 bits per heavy atom. The fourth-order valence-electron chi connectivity index (χ4n) is 2.67. The van der Waals surface area contributed by atoms with Crippen molar-refractivity contribution < 1.29 is 4.42 Å². The standard InChI is InChI=1S/C18H16N4O2S/c1-3-14-20-21-15(24-14)8-22-10-19-17-16(18(22)23)13(9-25-17)12-6-4-11(2)5-7-12/h4-7,9-10H,3,8H2,1-2H3. The second kappa shape index (κ2) is 6.25. The molecule has 3 heterocycles. The van der Waals surface area contributed by atoms with Gasteiger partial charge in [-0.2, -0.15) is 0 Å². The molecule has 0 spiro atoms. The number of rotatable bonds is 4. The van der Waals surface area contributed by atoms with Crippen molar-refractivity contribution in [2.24, 2.45) is 0 Å². The Labute approximate surface area is 147 Å². The molecule has 4 aromatic rings. The summed E-state index contributed by atoms with van der Waals surface area (Å²) in [6, 6.07) is 8.13. The first-order valence-electron chi connectivity index (χ1n) is 8.00. The Balaban J connectivity index is 1.80. The van der Waals surface area contributed by atoms with Gasteiger partial charge in [-0.3, -0.25) is 9.36 Å². The van der Waals surface area contributed by atoms with Crippen LogP contribution in [0.25, 0.3) is 21.3 Å². The SMILES string of the molecule is CCc1nnc(Cn2cnc3scc(-c4ccc(C)cc4)c3c2=O)o1. The molecule has 0 bridgehead atoms. The van der Waals surface area contributed by atoms with Gasteiger partial charge in [-0.25, -0.2) is 4.98 Å². The van der Waals surface area contributed by atoms with E-state index in [1.54, 1.807) is 0 Å². The maximum atomic E-state index is 13.0. The minimum Gasteiger partial charge on any atom is -0.423 e. The summed E-state index contributed by atoms with van der Waals surface area (Å²) < 4.78 is 7.02.